The molecule has 0 spiro atoms. The maximum atomic E-state index is 6.86. The Bertz CT molecular complexity index is 2340. The Morgan fingerprint density at radius 1 is 0.686 bits per heavy atom. The number of allylic oxidation sites excluding steroid dienone is 12. The number of hydrogen-bond donors (Lipinski definition) is 0. The van der Waals surface area contributed by atoms with Gasteiger partial charge in [-0.1, -0.05) is 109 Å². The molecular formula is C48H44N2O. The van der Waals surface area contributed by atoms with Crippen LogP contribution < -0.4 is 9.80 Å². The lowest BCUT2D eigenvalue weighted by Crippen LogP contribution is -2.37. The van der Waals surface area contributed by atoms with Gasteiger partial charge in [0.05, 0.1) is 17.8 Å². The van der Waals surface area contributed by atoms with Gasteiger partial charge in [0, 0.05) is 40.0 Å². The SMILES string of the molecule is C1=CCCC(N2c3cccc(C4=CC5C6CCC=CC6N(c6ccc(C7=CCCC=C7)c7c6oc6ccccc67)C5C=C4)c3C3C=CCCC32)=C1. The fourth-order valence-corrected chi connectivity index (χ4v) is 10.8. The topological polar surface area (TPSA) is 19.6 Å². The molecule has 252 valence electrons. The molecule has 0 bridgehead atoms. The molecule has 51 heavy (non-hydrogen) atoms. The van der Waals surface area contributed by atoms with Crippen molar-refractivity contribution in [3.63, 3.8) is 0 Å². The fourth-order valence-electron chi connectivity index (χ4n) is 10.8. The van der Waals surface area contributed by atoms with E-state index in [-0.39, 0.29) is 6.04 Å². The molecule has 0 N–H and O–H groups in total. The maximum absolute atomic E-state index is 6.86. The molecule has 11 rings (SSSR count). The normalized spacial score (nSPS) is 28.8. The minimum absolute atomic E-state index is 0.275. The first-order valence-electron chi connectivity index (χ1n) is 19.4. The second-order valence-corrected chi connectivity index (χ2v) is 15.5. The Labute approximate surface area is 301 Å². The predicted molar refractivity (Wildman–Crippen MR) is 213 cm³/mol. The number of furan rings is 1. The van der Waals surface area contributed by atoms with Crippen molar-refractivity contribution >= 4 is 44.5 Å². The predicted octanol–water partition coefficient (Wildman–Crippen LogP) is 12.0. The summed E-state index contributed by atoms with van der Waals surface area (Å²) in [7, 11) is 0. The van der Waals surface area contributed by atoms with Crippen LogP contribution in [0.4, 0.5) is 11.4 Å². The van der Waals surface area contributed by atoms with Crippen molar-refractivity contribution < 1.29 is 4.42 Å². The van der Waals surface area contributed by atoms with Crippen LogP contribution in [0.3, 0.4) is 0 Å². The van der Waals surface area contributed by atoms with Gasteiger partial charge >= 0.3 is 0 Å². The van der Waals surface area contributed by atoms with E-state index in [0.29, 0.717) is 29.8 Å². The highest BCUT2D eigenvalue weighted by Gasteiger charge is 2.49. The van der Waals surface area contributed by atoms with Gasteiger partial charge in [0.15, 0.2) is 5.58 Å². The Morgan fingerprint density at radius 2 is 1.63 bits per heavy atom. The molecule has 6 unspecified atom stereocenters. The van der Waals surface area contributed by atoms with E-state index in [9.17, 15) is 0 Å². The molecule has 0 saturated carbocycles. The van der Waals surface area contributed by atoms with E-state index in [1.54, 1.807) is 0 Å². The van der Waals surface area contributed by atoms with E-state index in [4.69, 9.17) is 4.42 Å². The zero-order valence-corrected chi connectivity index (χ0v) is 29.1. The highest BCUT2D eigenvalue weighted by Crippen LogP contribution is 2.54. The average Bonchev–Trinajstić information content (AvgIpc) is 3.86. The maximum Gasteiger partial charge on any atom is 0.159 e. The Hall–Kier alpha value is -5.02. The van der Waals surface area contributed by atoms with Crippen molar-refractivity contribution in [2.75, 3.05) is 9.80 Å². The molecule has 1 fully saturated rings. The van der Waals surface area contributed by atoms with Crippen molar-refractivity contribution in [2.24, 2.45) is 11.8 Å². The summed E-state index contributed by atoms with van der Waals surface area (Å²) < 4.78 is 6.86. The fraction of sp³-hybridized carbons (Fsp3) is 0.292. The number of nitrogens with zero attached hydrogens (tertiary/aromatic N) is 2. The van der Waals surface area contributed by atoms with Gasteiger partial charge in [0.25, 0.3) is 0 Å². The minimum atomic E-state index is 0.275. The van der Waals surface area contributed by atoms with E-state index in [0.717, 1.165) is 49.7 Å². The van der Waals surface area contributed by atoms with Crippen molar-refractivity contribution in [2.45, 2.75) is 75.4 Å². The first-order chi connectivity index (χ1) is 25.3. The third-order valence-electron chi connectivity index (χ3n) is 12.9. The van der Waals surface area contributed by atoms with Crippen LogP contribution in [0, 0.1) is 11.8 Å². The Kier molecular flexibility index (Phi) is 6.85. The highest BCUT2D eigenvalue weighted by atomic mass is 16.3. The Balaban J connectivity index is 1.03. The molecule has 7 aliphatic rings. The van der Waals surface area contributed by atoms with E-state index < -0.39 is 0 Å². The molecular weight excluding hydrogens is 621 g/mol. The van der Waals surface area contributed by atoms with Crippen LogP contribution in [0.15, 0.2) is 144 Å². The Morgan fingerprint density at radius 3 is 2.55 bits per heavy atom. The van der Waals surface area contributed by atoms with Gasteiger partial charge < -0.3 is 14.2 Å². The molecule has 3 heteroatoms. The second kappa shape index (κ2) is 11.8. The highest BCUT2D eigenvalue weighted by molar-refractivity contribution is 6.14. The zero-order valence-electron chi connectivity index (χ0n) is 29.1. The van der Waals surface area contributed by atoms with Gasteiger partial charge in [0.1, 0.15) is 5.58 Å². The summed E-state index contributed by atoms with van der Waals surface area (Å²) in [6.45, 7) is 0. The summed E-state index contributed by atoms with van der Waals surface area (Å²) in [5, 5.41) is 2.46. The first kappa shape index (κ1) is 29.7. The lowest BCUT2D eigenvalue weighted by molar-refractivity contribution is 0.400. The summed E-state index contributed by atoms with van der Waals surface area (Å²) in [6, 6.07) is 21.6. The molecule has 3 aromatic carbocycles. The molecule has 5 aliphatic carbocycles. The van der Waals surface area contributed by atoms with Crippen LogP contribution in [-0.2, 0) is 0 Å². The van der Waals surface area contributed by atoms with Crippen LogP contribution in [0.5, 0.6) is 0 Å². The van der Waals surface area contributed by atoms with Crippen LogP contribution in [0.2, 0.25) is 0 Å². The summed E-state index contributed by atoms with van der Waals surface area (Å²) in [6.07, 6.45) is 40.7. The molecule has 0 amide bonds. The van der Waals surface area contributed by atoms with Gasteiger partial charge in [-0.2, -0.15) is 0 Å². The molecule has 3 nitrogen and oxygen atoms in total. The standard InChI is InChI=1S/C48H44N2O/c1-3-14-31(15-4-1)35-27-29-44(48-47(35)38-20-9-12-25-45(38)51-48)50-40-22-10-7-18-36(40)39-30-32(26-28-42(39)50)34-21-13-24-43-46(34)37-19-8-11-23-41(37)49(43)33-16-5-2-6-17-33/h2-3,5,8-10,12-16,19-22,24-30,36-37,39-42H,1,4,6-7,11,17-18,23H2. The van der Waals surface area contributed by atoms with Gasteiger partial charge in [-0.25, -0.2) is 0 Å². The lowest BCUT2D eigenvalue weighted by Gasteiger charge is -2.33. The molecule has 4 aromatic rings. The van der Waals surface area contributed by atoms with E-state index in [2.05, 4.69) is 143 Å². The van der Waals surface area contributed by atoms with Gasteiger partial charge in [-0.05, 0) is 109 Å². The number of fused-ring (bicyclic) bond motifs is 9. The molecule has 3 heterocycles. The number of anilines is 2. The van der Waals surface area contributed by atoms with Crippen LogP contribution in [0.1, 0.15) is 74.0 Å². The quantitative estimate of drug-likeness (QED) is 0.202. The van der Waals surface area contributed by atoms with Gasteiger partial charge in [0.2, 0.25) is 0 Å². The zero-order chi connectivity index (χ0) is 33.5. The number of para-hydroxylation sites is 1. The summed E-state index contributed by atoms with van der Waals surface area (Å²) >= 11 is 0. The third-order valence-corrected chi connectivity index (χ3v) is 12.9. The third kappa shape index (κ3) is 4.49. The average molecular weight is 665 g/mol. The number of benzene rings is 3. The lowest BCUT2D eigenvalue weighted by atomic mass is 9.76. The van der Waals surface area contributed by atoms with Gasteiger partial charge in [-0.15, -0.1) is 0 Å². The summed E-state index contributed by atoms with van der Waals surface area (Å²) in [5.74, 6) is 1.42. The van der Waals surface area contributed by atoms with Crippen molar-refractivity contribution in [1.82, 2.24) is 0 Å². The second-order valence-electron chi connectivity index (χ2n) is 15.5. The van der Waals surface area contributed by atoms with Crippen molar-refractivity contribution in [3.8, 4) is 0 Å². The van der Waals surface area contributed by atoms with Crippen LogP contribution >= 0.6 is 0 Å². The minimum Gasteiger partial charge on any atom is -0.454 e. The first-order valence-corrected chi connectivity index (χ1v) is 19.4. The summed E-state index contributed by atoms with van der Waals surface area (Å²) in [5.41, 5.74) is 13.1. The van der Waals surface area contributed by atoms with Crippen molar-refractivity contribution in [1.29, 1.82) is 0 Å². The van der Waals surface area contributed by atoms with Crippen LogP contribution in [0.25, 0.3) is 33.1 Å². The monoisotopic (exact) mass is 664 g/mol. The summed E-state index contributed by atoms with van der Waals surface area (Å²) in [4.78, 5) is 5.43. The molecule has 1 aromatic heterocycles. The smallest absolute Gasteiger partial charge is 0.159 e. The van der Waals surface area contributed by atoms with Crippen LogP contribution in [-0.4, -0.2) is 18.1 Å². The largest absolute Gasteiger partial charge is 0.454 e. The van der Waals surface area contributed by atoms with Crippen molar-refractivity contribution in [3.05, 3.63) is 156 Å². The number of rotatable bonds is 4. The van der Waals surface area contributed by atoms with E-state index in [1.165, 1.54) is 68.5 Å². The molecule has 1 saturated heterocycles. The molecule has 2 aliphatic heterocycles. The molecule has 6 atom stereocenters. The molecule has 0 radical (unpaired) electrons. The van der Waals surface area contributed by atoms with Gasteiger partial charge in [-0.3, -0.25) is 0 Å². The van der Waals surface area contributed by atoms with E-state index >= 15 is 0 Å². The van der Waals surface area contributed by atoms with E-state index in [1.807, 2.05) is 0 Å². The number of hydrogen-bond acceptors (Lipinski definition) is 3.